The minimum absolute atomic E-state index is 0. The first-order valence-electron chi connectivity index (χ1n) is 9.93. The van der Waals surface area contributed by atoms with E-state index >= 15 is 0 Å². The summed E-state index contributed by atoms with van der Waals surface area (Å²) in [5.74, 6) is 1.15. The normalized spacial score (nSPS) is 23.8. The highest BCUT2D eigenvalue weighted by Gasteiger charge is 2.25. The number of piperidine rings is 1. The highest BCUT2D eigenvalue weighted by atomic mass is 35.5. The van der Waals surface area contributed by atoms with Gasteiger partial charge in [-0.05, 0) is 62.2 Å². The van der Waals surface area contributed by atoms with Crippen molar-refractivity contribution < 1.29 is 4.79 Å². The molecule has 3 N–H and O–H groups in total. The number of nitrogens with zero attached hydrogens (tertiary/aromatic N) is 1. The largest absolute Gasteiger partial charge is 0.352 e. The third kappa shape index (κ3) is 7.61. The molecule has 1 aromatic carbocycles. The lowest BCUT2D eigenvalue weighted by Crippen LogP contribution is -2.37. The number of likely N-dealkylation sites (tertiary alicyclic amines) is 1. The van der Waals surface area contributed by atoms with Crippen LogP contribution in [0.2, 0.25) is 0 Å². The zero-order chi connectivity index (χ0) is 17.6. The Hall–Kier alpha value is -0.810. The number of hydrogen-bond donors (Lipinski definition) is 2. The Morgan fingerprint density at radius 1 is 1.07 bits per heavy atom. The number of halogens is 2. The van der Waals surface area contributed by atoms with Crippen LogP contribution in [0.3, 0.4) is 0 Å². The Kier molecular flexibility index (Phi) is 10.7. The van der Waals surface area contributed by atoms with Crippen LogP contribution in [0.25, 0.3) is 0 Å². The minimum Gasteiger partial charge on any atom is -0.352 e. The molecule has 27 heavy (non-hydrogen) atoms. The second-order valence-corrected chi connectivity index (χ2v) is 8.12. The van der Waals surface area contributed by atoms with Gasteiger partial charge in [0.05, 0.1) is 0 Å². The maximum Gasteiger partial charge on any atom is 0.223 e. The first-order chi connectivity index (χ1) is 12.1. The summed E-state index contributed by atoms with van der Waals surface area (Å²) in [4.78, 5) is 14.8. The van der Waals surface area contributed by atoms with Gasteiger partial charge in [0.25, 0.3) is 0 Å². The van der Waals surface area contributed by atoms with E-state index in [-0.39, 0.29) is 42.7 Å². The molecule has 2 fully saturated rings. The highest BCUT2D eigenvalue weighted by Crippen LogP contribution is 2.23. The summed E-state index contributed by atoms with van der Waals surface area (Å²) < 4.78 is 0. The summed E-state index contributed by atoms with van der Waals surface area (Å²) in [5, 5.41) is 3.09. The number of nitrogens with one attached hydrogen (secondary N) is 1. The number of nitrogens with two attached hydrogens (primary N) is 1. The van der Waals surface area contributed by atoms with E-state index in [9.17, 15) is 4.79 Å². The van der Waals surface area contributed by atoms with Gasteiger partial charge in [0, 0.05) is 25.0 Å². The number of hydrogen-bond acceptors (Lipinski definition) is 3. The molecule has 0 bridgehead atoms. The lowest BCUT2D eigenvalue weighted by molar-refractivity contribution is -0.126. The molecule has 2 atom stereocenters. The van der Waals surface area contributed by atoms with Crippen LogP contribution in [0, 0.1) is 11.8 Å². The highest BCUT2D eigenvalue weighted by molar-refractivity contribution is 5.85. The molecule has 2 unspecified atom stereocenters. The summed E-state index contributed by atoms with van der Waals surface area (Å²) in [6, 6.07) is 8.90. The molecule has 2 aliphatic rings. The lowest BCUT2D eigenvalue weighted by Gasteiger charge is -2.30. The van der Waals surface area contributed by atoms with Gasteiger partial charge in [0.15, 0.2) is 0 Å². The molecule has 0 radical (unpaired) electrons. The van der Waals surface area contributed by atoms with Gasteiger partial charge in [0.1, 0.15) is 0 Å². The first kappa shape index (κ1) is 24.2. The van der Waals surface area contributed by atoms with Gasteiger partial charge < -0.3 is 11.1 Å². The zero-order valence-electron chi connectivity index (χ0n) is 16.4. The molecule has 1 aromatic rings. The number of rotatable bonds is 5. The molecule has 1 aliphatic heterocycles. The van der Waals surface area contributed by atoms with Gasteiger partial charge in [-0.1, -0.05) is 37.6 Å². The van der Waals surface area contributed by atoms with Crippen molar-refractivity contribution in [2.45, 2.75) is 64.6 Å². The Balaban J connectivity index is 0.00000182. The smallest absolute Gasteiger partial charge is 0.223 e. The van der Waals surface area contributed by atoms with Crippen molar-refractivity contribution in [1.29, 1.82) is 0 Å². The molecule has 1 amide bonds. The predicted octanol–water partition coefficient (Wildman–Crippen LogP) is 3.90. The topological polar surface area (TPSA) is 58.4 Å². The molecule has 6 heteroatoms. The Labute approximate surface area is 176 Å². The summed E-state index contributed by atoms with van der Waals surface area (Å²) in [6.45, 7) is 6.43. The summed E-state index contributed by atoms with van der Waals surface area (Å²) in [5.41, 5.74) is 8.52. The SMILES string of the molecule is CC1CCN(Cc2ccc(CNC(=O)C3CCCC(N)C3)cc2)CC1.Cl.Cl. The van der Waals surface area contributed by atoms with Crippen molar-refractivity contribution in [3.63, 3.8) is 0 Å². The fourth-order valence-corrected chi connectivity index (χ4v) is 4.04. The van der Waals surface area contributed by atoms with Gasteiger partial charge in [-0.3, -0.25) is 9.69 Å². The van der Waals surface area contributed by atoms with E-state index in [0.717, 1.165) is 38.1 Å². The van der Waals surface area contributed by atoms with E-state index in [0.29, 0.717) is 6.54 Å². The van der Waals surface area contributed by atoms with E-state index in [2.05, 4.69) is 41.4 Å². The molecule has 1 saturated carbocycles. The van der Waals surface area contributed by atoms with Gasteiger partial charge in [-0.15, -0.1) is 24.8 Å². The standard InChI is InChI=1S/C21H33N3O.2ClH/c1-16-9-11-24(12-10-16)15-18-7-5-17(6-8-18)14-23-21(25)19-3-2-4-20(22)13-19;;/h5-8,16,19-20H,2-4,9-15,22H2,1H3,(H,23,25);2*1H. The van der Waals surface area contributed by atoms with Crippen molar-refractivity contribution in [3.8, 4) is 0 Å². The van der Waals surface area contributed by atoms with Crippen molar-refractivity contribution in [2.75, 3.05) is 13.1 Å². The second kappa shape index (κ2) is 11.9. The van der Waals surface area contributed by atoms with Crippen LogP contribution in [0.15, 0.2) is 24.3 Å². The van der Waals surface area contributed by atoms with Crippen molar-refractivity contribution >= 4 is 30.7 Å². The third-order valence-corrected chi connectivity index (χ3v) is 5.86. The van der Waals surface area contributed by atoms with Gasteiger partial charge in [0.2, 0.25) is 5.91 Å². The zero-order valence-corrected chi connectivity index (χ0v) is 18.0. The van der Waals surface area contributed by atoms with Crippen LogP contribution >= 0.6 is 24.8 Å². The summed E-state index contributed by atoms with van der Waals surface area (Å²) >= 11 is 0. The molecular formula is C21H35Cl2N3O. The van der Waals surface area contributed by atoms with Gasteiger partial charge in [-0.25, -0.2) is 0 Å². The molecule has 1 saturated heterocycles. The molecule has 154 valence electrons. The van der Waals surface area contributed by atoms with Crippen molar-refractivity contribution in [2.24, 2.45) is 17.6 Å². The molecule has 3 rings (SSSR count). The predicted molar refractivity (Wildman–Crippen MR) is 116 cm³/mol. The second-order valence-electron chi connectivity index (χ2n) is 8.12. The van der Waals surface area contributed by atoms with Gasteiger partial charge >= 0.3 is 0 Å². The van der Waals surface area contributed by atoms with E-state index in [4.69, 9.17) is 5.73 Å². The number of carbonyl (C=O) groups excluding carboxylic acids is 1. The monoisotopic (exact) mass is 415 g/mol. The third-order valence-electron chi connectivity index (χ3n) is 5.86. The summed E-state index contributed by atoms with van der Waals surface area (Å²) in [6.07, 6.45) is 6.57. The van der Waals surface area contributed by atoms with Crippen LogP contribution in [-0.4, -0.2) is 29.9 Å². The van der Waals surface area contributed by atoms with E-state index in [1.54, 1.807) is 0 Å². The lowest BCUT2D eigenvalue weighted by atomic mass is 9.85. The van der Waals surface area contributed by atoms with Crippen molar-refractivity contribution in [3.05, 3.63) is 35.4 Å². The molecule has 4 nitrogen and oxygen atoms in total. The van der Waals surface area contributed by atoms with E-state index < -0.39 is 0 Å². The number of benzene rings is 1. The average Bonchev–Trinajstić information content (AvgIpc) is 2.63. The van der Waals surface area contributed by atoms with Crippen LogP contribution < -0.4 is 11.1 Å². The quantitative estimate of drug-likeness (QED) is 0.766. The van der Waals surface area contributed by atoms with E-state index in [1.807, 2.05) is 0 Å². The Bertz CT molecular complexity index is 559. The Morgan fingerprint density at radius 2 is 1.70 bits per heavy atom. The van der Waals surface area contributed by atoms with Crippen LogP contribution in [-0.2, 0) is 17.9 Å². The Morgan fingerprint density at radius 3 is 2.33 bits per heavy atom. The molecular weight excluding hydrogens is 381 g/mol. The number of amides is 1. The minimum atomic E-state index is 0. The van der Waals surface area contributed by atoms with Crippen LogP contribution in [0.4, 0.5) is 0 Å². The van der Waals surface area contributed by atoms with Gasteiger partial charge in [-0.2, -0.15) is 0 Å². The van der Waals surface area contributed by atoms with E-state index in [1.165, 1.54) is 37.1 Å². The average molecular weight is 416 g/mol. The molecule has 1 heterocycles. The summed E-state index contributed by atoms with van der Waals surface area (Å²) in [7, 11) is 0. The van der Waals surface area contributed by atoms with Crippen LogP contribution in [0.1, 0.15) is 56.6 Å². The maximum absolute atomic E-state index is 12.3. The van der Waals surface area contributed by atoms with Crippen molar-refractivity contribution in [1.82, 2.24) is 10.2 Å². The molecule has 0 spiro atoms. The maximum atomic E-state index is 12.3. The number of carbonyl (C=O) groups is 1. The van der Waals surface area contributed by atoms with Crippen LogP contribution in [0.5, 0.6) is 0 Å². The molecule has 0 aromatic heterocycles. The molecule has 1 aliphatic carbocycles. The fourth-order valence-electron chi connectivity index (χ4n) is 4.04. The fraction of sp³-hybridized carbons (Fsp3) is 0.667. The first-order valence-corrected chi connectivity index (χ1v) is 9.93.